The smallest absolute Gasteiger partial charge is 0.336 e. The summed E-state index contributed by atoms with van der Waals surface area (Å²) in [5.74, 6) is -0.488. The van der Waals surface area contributed by atoms with Gasteiger partial charge in [-0.15, -0.1) is 0 Å². The van der Waals surface area contributed by atoms with Gasteiger partial charge in [-0.3, -0.25) is 4.18 Å². The van der Waals surface area contributed by atoms with Gasteiger partial charge in [-0.25, -0.2) is 4.79 Å². The Balaban J connectivity index is 1.61. The Bertz CT molecular complexity index is 1210. The fraction of sp³-hybridized carbons (Fsp3) is 0.621. The molecular formula is C29H40O7S. The van der Waals surface area contributed by atoms with Gasteiger partial charge in [-0.05, 0) is 81.3 Å². The van der Waals surface area contributed by atoms with Crippen molar-refractivity contribution in [2.24, 2.45) is 22.7 Å². The van der Waals surface area contributed by atoms with Crippen molar-refractivity contribution >= 4 is 16.1 Å². The lowest BCUT2D eigenvalue weighted by molar-refractivity contribution is -0.146. The van der Waals surface area contributed by atoms with E-state index < -0.39 is 33.7 Å². The standard InChI is InChI=1S/C29H40O7S/c1-17-13-19(3)26(20(4)14-17)37(33,34)36-16-29(6)24-10-7-18(2)22(28(24,5)12-11-25(29)31)9-8-21-23(30)15-35-27(21)32/h8,13-14,22-25,30-31H,2,7,9-12,15-16H2,1,3-6H3/b21-8+/t22-,23-,24+,25-,28+,29+/m1/s1. The fourth-order valence-corrected chi connectivity index (χ4v) is 8.80. The van der Waals surface area contributed by atoms with Gasteiger partial charge in [0.1, 0.15) is 12.7 Å². The van der Waals surface area contributed by atoms with Crippen LogP contribution in [0.1, 0.15) is 62.6 Å². The molecule has 2 N–H and O–H groups in total. The van der Waals surface area contributed by atoms with Crippen molar-refractivity contribution in [3.8, 4) is 0 Å². The van der Waals surface area contributed by atoms with Crippen molar-refractivity contribution in [1.29, 1.82) is 0 Å². The Hall–Kier alpha value is -2.00. The Morgan fingerprint density at radius 3 is 2.41 bits per heavy atom. The number of ether oxygens (including phenoxy) is 1. The minimum atomic E-state index is -4.03. The van der Waals surface area contributed by atoms with E-state index in [-0.39, 0.29) is 40.9 Å². The third-order valence-corrected chi connectivity index (χ3v) is 10.8. The summed E-state index contributed by atoms with van der Waals surface area (Å²) in [6.45, 7) is 13.8. The van der Waals surface area contributed by atoms with E-state index in [0.29, 0.717) is 24.0 Å². The molecule has 1 saturated heterocycles. The third kappa shape index (κ3) is 4.93. The van der Waals surface area contributed by atoms with Gasteiger partial charge in [0.05, 0.1) is 23.2 Å². The van der Waals surface area contributed by atoms with Crippen LogP contribution in [-0.4, -0.2) is 50.0 Å². The Morgan fingerprint density at radius 1 is 1.16 bits per heavy atom. The molecule has 4 rings (SSSR count). The first-order valence-electron chi connectivity index (χ1n) is 13.1. The van der Waals surface area contributed by atoms with Crippen LogP contribution in [0.2, 0.25) is 0 Å². The Kier molecular flexibility index (Phi) is 7.54. The summed E-state index contributed by atoms with van der Waals surface area (Å²) in [7, 11) is -4.03. The predicted octanol–water partition coefficient (Wildman–Crippen LogP) is 4.30. The highest BCUT2D eigenvalue weighted by Crippen LogP contribution is 2.62. The van der Waals surface area contributed by atoms with Crippen LogP contribution in [0, 0.1) is 43.4 Å². The number of benzene rings is 1. The van der Waals surface area contributed by atoms with Crippen LogP contribution in [0.5, 0.6) is 0 Å². The highest BCUT2D eigenvalue weighted by Gasteiger charge is 2.58. The second kappa shape index (κ2) is 9.95. The zero-order valence-corrected chi connectivity index (χ0v) is 23.4. The summed E-state index contributed by atoms with van der Waals surface area (Å²) in [4.78, 5) is 12.2. The average Bonchev–Trinajstić information content (AvgIpc) is 3.11. The fourth-order valence-electron chi connectivity index (χ4n) is 7.37. The van der Waals surface area contributed by atoms with Crippen molar-refractivity contribution in [2.75, 3.05) is 13.2 Å². The highest BCUT2D eigenvalue weighted by molar-refractivity contribution is 7.86. The number of fused-ring (bicyclic) bond motifs is 1. The number of aliphatic hydroxyl groups is 2. The van der Waals surface area contributed by atoms with E-state index in [4.69, 9.17) is 8.92 Å². The van der Waals surface area contributed by atoms with Gasteiger partial charge in [0, 0.05) is 5.41 Å². The molecule has 1 aromatic carbocycles. The van der Waals surface area contributed by atoms with Gasteiger partial charge >= 0.3 is 5.97 Å². The molecule has 1 aliphatic heterocycles. The molecule has 3 fully saturated rings. The van der Waals surface area contributed by atoms with E-state index in [0.717, 1.165) is 30.4 Å². The number of hydrogen-bond acceptors (Lipinski definition) is 7. The second-order valence-electron chi connectivity index (χ2n) is 11.8. The molecule has 7 nitrogen and oxygen atoms in total. The summed E-state index contributed by atoms with van der Waals surface area (Å²) in [5, 5.41) is 21.3. The number of carbonyl (C=O) groups excluding carboxylic acids is 1. The average molecular weight is 533 g/mol. The number of allylic oxidation sites excluding steroid dienone is 2. The number of aliphatic hydroxyl groups excluding tert-OH is 2. The monoisotopic (exact) mass is 532 g/mol. The molecule has 0 spiro atoms. The molecule has 0 unspecified atom stereocenters. The summed E-state index contributed by atoms with van der Waals surface area (Å²) in [5.41, 5.74) is 2.57. The lowest BCUT2D eigenvalue weighted by atomic mass is 9.46. The summed E-state index contributed by atoms with van der Waals surface area (Å²) < 4.78 is 37.4. The van der Waals surface area contributed by atoms with Crippen molar-refractivity contribution < 1.29 is 32.3 Å². The van der Waals surface area contributed by atoms with Crippen molar-refractivity contribution in [3.63, 3.8) is 0 Å². The molecule has 204 valence electrons. The summed E-state index contributed by atoms with van der Waals surface area (Å²) in [6, 6.07) is 3.67. The molecule has 1 aromatic rings. The quantitative estimate of drug-likeness (QED) is 0.243. The SMILES string of the molecule is C=C1CC[C@@H]2[C@](C)(COS(=O)(=O)c3c(C)cc(C)cc3C)[C@H](O)CC[C@@]2(C)[C@@H]1C/C=C1/C(=O)OC[C@H]1O. The normalized spacial score (nSPS) is 35.5. The molecule has 6 atom stereocenters. The molecule has 2 saturated carbocycles. The highest BCUT2D eigenvalue weighted by atomic mass is 32.2. The molecule has 0 amide bonds. The zero-order valence-electron chi connectivity index (χ0n) is 22.5. The maximum atomic E-state index is 13.4. The molecule has 8 heteroatoms. The van der Waals surface area contributed by atoms with Gasteiger partial charge in [0.15, 0.2) is 0 Å². The van der Waals surface area contributed by atoms with E-state index >= 15 is 0 Å². The van der Waals surface area contributed by atoms with Gasteiger partial charge in [0.2, 0.25) is 0 Å². The lowest BCUT2D eigenvalue weighted by Crippen LogP contribution is -2.57. The molecule has 3 aliphatic rings. The maximum Gasteiger partial charge on any atom is 0.336 e. The largest absolute Gasteiger partial charge is 0.459 e. The van der Waals surface area contributed by atoms with E-state index in [1.807, 2.05) is 26.0 Å². The minimum absolute atomic E-state index is 0.0179. The number of rotatable bonds is 6. The number of cyclic esters (lactones) is 1. The molecule has 37 heavy (non-hydrogen) atoms. The number of esters is 1. The Labute approximate surface area is 220 Å². The Morgan fingerprint density at radius 2 is 1.81 bits per heavy atom. The number of carbonyl (C=O) groups is 1. The minimum Gasteiger partial charge on any atom is -0.459 e. The first kappa shape index (κ1) is 28.0. The first-order chi connectivity index (χ1) is 17.2. The van der Waals surface area contributed by atoms with Gasteiger partial charge in [-0.1, -0.05) is 49.8 Å². The van der Waals surface area contributed by atoms with Crippen molar-refractivity contribution in [1.82, 2.24) is 0 Å². The van der Waals surface area contributed by atoms with Crippen LogP contribution in [0.4, 0.5) is 0 Å². The van der Waals surface area contributed by atoms with Crippen molar-refractivity contribution in [2.45, 2.75) is 83.8 Å². The van der Waals surface area contributed by atoms with Gasteiger partial charge in [0.25, 0.3) is 10.1 Å². The maximum absolute atomic E-state index is 13.4. The van der Waals surface area contributed by atoms with E-state index in [1.165, 1.54) is 0 Å². The molecule has 1 heterocycles. The summed E-state index contributed by atoms with van der Waals surface area (Å²) >= 11 is 0. The molecule has 0 aromatic heterocycles. The molecular weight excluding hydrogens is 492 g/mol. The van der Waals surface area contributed by atoms with Crippen LogP contribution in [0.15, 0.2) is 40.8 Å². The zero-order chi connectivity index (χ0) is 27.3. The predicted molar refractivity (Wildman–Crippen MR) is 140 cm³/mol. The van der Waals surface area contributed by atoms with Crippen LogP contribution in [0.3, 0.4) is 0 Å². The molecule has 0 radical (unpaired) electrons. The van der Waals surface area contributed by atoms with Crippen LogP contribution < -0.4 is 0 Å². The topological polar surface area (TPSA) is 110 Å². The number of aryl methyl sites for hydroxylation is 3. The van der Waals surface area contributed by atoms with E-state index in [1.54, 1.807) is 19.9 Å². The van der Waals surface area contributed by atoms with E-state index in [9.17, 15) is 23.4 Å². The van der Waals surface area contributed by atoms with Crippen LogP contribution in [-0.2, 0) is 23.8 Å². The number of hydrogen-bond donors (Lipinski definition) is 2. The van der Waals surface area contributed by atoms with Gasteiger partial charge in [-0.2, -0.15) is 8.42 Å². The second-order valence-corrected chi connectivity index (χ2v) is 13.4. The van der Waals surface area contributed by atoms with E-state index in [2.05, 4.69) is 13.5 Å². The summed E-state index contributed by atoms with van der Waals surface area (Å²) in [6.07, 6.45) is 3.45. The third-order valence-electron chi connectivity index (χ3n) is 9.27. The first-order valence-corrected chi connectivity index (χ1v) is 14.5. The van der Waals surface area contributed by atoms with Crippen molar-refractivity contribution in [3.05, 3.63) is 52.6 Å². The molecule has 2 aliphatic carbocycles. The molecule has 0 bridgehead atoms. The van der Waals surface area contributed by atoms with Crippen LogP contribution in [0.25, 0.3) is 0 Å². The van der Waals surface area contributed by atoms with Crippen LogP contribution >= 0.6 is 0 Å². The lowest BCUT2D eigenvalue weighted by Gasteiger charge is -2.60. The van der Waals surface area contributed by atoms with Gasteiger partial charge < -0.3 is 14.9 Å².